The number of hydrogen-bond acceptors (Lipinski definition) is 9. The van der Waals surface area contributed by atoms with Crippen LogP contribution in [0, 0.1) is 6.92 Å². The van der Waals surface area contributed by atoms with Gasteiger partial charge >= 0.3 is 6.09 Å². The van der Waals surface area contributed by atoms with E-state index in [-0.39, 0.29) is 23.0 Å². The maximum absolute atomic E-state index is 13.2. The SMILES string of the molecule is CCOc1cc(C)ccc1S(=O)(=O)Nc1noc2cc(Cn3cc(CNC(=O)OC)cn3)cc(OC)c12. The Morgan fingerprint density at radius 3 is 2.68 bits per heavy atom. The van der Waals surface area contributed by atoms with E-state index >= 15 is 0 Å². The average molecular weight is 530 g/mol. The topological polar surface area (TPSA) is 147 Å². The molecule has 196 valence electrons. The number of methoxy groups -OCH3 is 2. The van der Waals surface area contributed by atoms with Crippen LogP contribution in [0.25, 0.3) is 11.0 Å². The molecule has 0 aliphatic carbocycles. The van der Waals surface area contributed by atoms with Gasteiger partial charge in [-0.3, -0.25) is 9.40 Å². The monoisotopic (exact) mass is 529 g/mol. The van der Waals surface area contributed by atoms with Crippen molar-refractivity contribution in [3.63, 3.8) is 0 Å². The quantitative estimate of drug-likeness (QED) is 0.315. The predicted octanol–water partition coefficient (Wildman–Crippen LogP) is 3.45. The molecule has 2 aromatic heterocycles. The van der Waals surface area contributed by atoms with Crippen LogP contribution >= 0.6 is 0 Å². The maximum Gasteiger partial charge on any atom is 0.407 e. The van der Waals surface area contributed by atoms with E-state index in [1.807, 2.05) is 6.92 Å². The fourth-order valence-corrected chi connectivity index (χ4v) is 4.85. The second-order valence-corrected chi connectivity index (χ2v) is 9.73. The van der Waals surface area contributed by atoms with Crippen LogP contribution in [0.2, 0.25) is 0 Å². The van der Waals surface area contributed by atoms with Crippen molar-refractivity contribution in [2.75, 3.05) is 25.5 Å². The molecule has 1 amide bonds. The highest BCUT2D eigenvalue weighted by Crippen LogP contribution is 2.36. The fraction of sp³-hybridized carbons (Fsp3) is 0.292. The number of amides is 1. The predicted molar refractivity (Wildman–Crippen MR) is 134 cm³/mol. The minimum atomic E-state index is -4.04. The molecule has 0 atom stereocenters. The Bertz CT molecular complexity index is 1530. The van der Waals surface area contributed by atoms with Crippen LogP contribution in [0.4, 0.5) is 10.6 Å². The molecular formula is C24H27N5O7S. The molecule has 4 rings (SSSR count). The van der Waals surface area contributed by atoms with Gasteiger partial charge in [-0.15, -0.1) is 0 Å². The first kappa shape index (κ1) is 25.8. The lowest BCUT2D eigenvalue weighted by molar-refractivity contribution is 0.170. The molecule has 13 heteroatoms. The Labute approximate surface area is 213 Å². The Morgan fingerprint density at radius 1 is 1.14 bits per heavy atom. The van der Waals surface area contributed by atoms with Gasteiger partial charge in [0.1, 0.15) is 21.8 Å². The molecule has 2 N–H and O–H groups in total. The molecule has 0 aliphatic rings. The van der Waals surface area contributed by atoms with Crippen molar-refractivity contribution in [2.24, 2.45) is 0 Å². The minimum Gasteiger partial charge on any atom is -0.496 e. The van der Waals surface area contributed by atoms with E-state index in [9.17, 15) is 13.2 Å². The summed E-state index contributed by atoms with van der Waals surface area (Å²) in [7, 11) is -1.28. The second kappa shape index (κ2) is 10.8. The Kier molecular flexibility index (Phi) is 7.53. The summed E-state index contributed by atoms with van der Waals surface area (Å²) in [6, 6.07) is 8.32. The number of anilines is 1. The summed E-state index contributed by atoms with van der Waals surface area (Å²) < 4.78 is 51.7. The van der Waals surface area contributed by atoms with Crippen molar-refractivity contribution < 1.29 is 31.9 Å². The molecule has 0 unspecified atom stereocenters. The van der Waals surface area contributed by atoms with Gasteiger partial charge in [0.2, 0.25) is 0 Å². The Balaban J connectivity index is 1.59. The van der Waals surface area contributed by atoms with Gasteiger partial charge < -0.3 is 24.1 Å². The molecule has 0 bridgehead atoms. The third-order valence-corrected chi connectivity index (χ3v) is 6.77. The van der Waals surface area contributed by atoms with Crippen molar-refractivity contribution in [1.29, 1.82) is 0 Å². The smallest absolute Gasteiger partial charge is 0.407 e. The van der Waals surface area contributed by atoms with E-state index in [4.69, 9.17) is 14.0 Å². The number of rotatable bonds is 10. The Hall–Kier alpha value is -4.26. The molecule has 12 nitrogen and oxygen atoms in total. The molecule has 37 heavy (non-hydrogen) atoms. The number of alkyl carbamates (subject to hydrolysis) is 1. The zero-order valence-electron chi connectivity index (χ0n) is 20.8. The second-order valence-electron chi connectivity index (χ2n) is 8.08. The number of carbonyl (C=O) groups excluding carboxylic acids is 1. The van der Waals surface area contributed by atoms with E-state index in [0.717, 1.165) is 16.7 Å². The third kappa shape index (κ3) is 5.77. The average Bonchev–Trinajstić information content (AvgIpc) is 3.48. The van der Waals surface area contributed by atoms with Crippen molar-refractivity contribution in [3.05, 3.63) is 59.4 Å². The number of nitrogens with one attached hydrogen (secondary N) is 2. The van der Waals surface area contributed by atoms with Crippen LogP contribution in [0.5, 0.6) is 11.5 Å². The van der Waals surface area contributed by atoms with Crippen LogP contribution < -0.4 is 19.5 Å². The number of carbonyl (C=O) groups is 1. The van der Waals surface area contributed by atoms with E-state index in [2.05, 4.69) is 25.0 Å². The van der Waals surface area contributed by atoms with Crippen LogP contribution in [0.3, 0.4) is 0 Å². The van der Waals surface area contributed by atoms with E-state index in [0.29, 0.717) is 29.9 Å². The van der Waals surface area contributed by atoms with Crippen LogP contribution in [0.15, 0.2) is 52.1 Å². The van der Waals surface area contributed by atoms with Gasteiger partial charge in [0, 0.05) is 18.3 Å². The zero-order valence-corrected chi connectivity index (χ0v) is 21.6. The van der Waals surface area contributed by atoms with Gasteiger partial charge in [-0.05, 0) is 49.2 Å². The van der Waals surface area contributed by atoms with Crippen LogP contribution in [0.1, 0.15) is 23.6 Å². The van der Waals surface area contributed by atoms with Gasteiger partial charge in [-0.2, -0.15) is 5.10 Å². The van der Waals surface area contributed by atoms with Gasteiger partial charge in [-0.1, -0.05) is 11.2 Å². The molecule has 0 spiro atoms. The summed E-state index contributed by atoms with van der Waals surface area (Å²) in [5, 5.41) is 11.2. The molecule has 0 radical (unpaired) electrons. The Morgan fingerprint density at radius 2 is 1.95 bits per heavy atom. The first-order valence-electron chi connectivity index (χ1n) is 11.3. The fourth-order valence-electron chi connectivity index (χ4n) is 3.72. The number of nitrogens with zero attached hydrogens (tertiary/aromatic N) is 3. The summed E-state index contributed by atoms with van der Waals surface area (Å²) in [6.07, 6.45) is 2.88. The first-order chi connectivity index (χ1) is 17.7. The standard InChI is InChI=1S/C24H27N5O7S/c1-5-35-18-8-15(2)6-7-21(18)37(31,32)28-23-22-19(33-3)9-16(10-20(22)36-27-23)13-29-14-17(12-26-29)11-25-24(30)34-4/h6-10,12,14H,5,11,13H2,1-4H3,(H,25,30)(H,27,28). The molecule has 0 fully saturated rings. The van der Waals surface area contributed by atoms with Crippen LogP contribution in [-0.2, 0) is 27.8 Å². The van der Waals surface area contributed by atoms with Crippen molar-refractivity contribution in [2.45, 2.75) is 31.8 Å². The van der Waals surface area contributed by atoms with Crippen molar-refractivity contribution in [3.8, 4) is 11.5 Å². The highest BCUT2D eigenvalue weighted by molar-refractivity contribution is 7.92. The van der Waals surface area contributed by atoms with Crippen LogP contribution in [-0.4, -0.2) is 50.3 Å². The number of sulfonamides is 1. The van der Waals surface area contributed by atoms with E-state index in [1.165, 1.54) is 20.3 Å². The zero-order chi connectivity index (χ0) is 26.6. The number of fused-ring (bicyclic) bond motifs is 1. The van der Waals surface area contributed by atoms with Gasteiger partial charge in [-0.25, -0.2) is 13.2 Å². The molecular weight excluding hydrogens is 502 g/mol. The van der Waals surface area contributed by atoms with E-state index in [1.54, 1.807) is 48.3 Å². The summed E-state index contributed by atoms with van der Waals surface area (Å²) in [4.78, 5) is 11.3. The molecule has 0 saturated heterocycles. The molecule has 2 aromatic carbocycles. The highest BCUT2D eigenvalue weighted by Gasteiger charge is 2.25. The highest BCUT2D eigenvalue weighted by atomic mass is 32.2. The number of ether oxygens (including phenoxy) is 3. The third-order valence-electron chi connectivity index (χ3n) is 5.39. The number of aryl methyl sites for hydroxylation is 1. The van der Waals surface area contributed by atoms with Gasteiger partial charge in [0.25, 0.3) is 10.0 Å². The number of benzene rings is 2. The largest absolute Gasteiger partial charge is 0.496 e. The molecule has 2 heterocycles. The minimum absolute atomic E-state index is 0.00307. The van der Waals surface area contributed by atoms with Gasteiger partial charge in [0.15, 0.2) is 11.4 Å². The molecule has 0 saturated carbocycles. The van der Waals surface area contributed by atoms with Gasteiger partial charge in [0.05, 0.1) is 33.6 Å². The normalized spacial score (nSPS) is 11.4. The number of hydrogen-bond donors (Lipinski definition) is 2. The summed E-state index contributed by atoms with van der Waals surface area (Å²) in [5.74, 6) is 0.620. The molecule has 4 aromatic rings. The first-order valence-corrected chi connectivity index (χ1v) is 12.8. The van der Waals surface area contributed by atoms with E-state index < -0.39 is 16.1 Å². The summed E-state index contributed by atoms with van der Waals surface area (Å²) in [5.41, 5.74) is 2.77. The lowest BCUT2D eigenvalue weighted by Crippen LogP contribution is -2.21. The molecule has 0 aliphatic heterocycles. The summed E-state index contributed by atoms with van der Waals surface area (Å²) in [6.45, 7) is 4.58. The van der Waals surface area contributed by atoms with Crippen molar-refractivity contribution >= 4 is 32.9 Å². The summed E-state index contributed by atoms with van der Waals surface area (Å²) >= 11 is 0. The lowest BCUT2D eigenvalue weighted by Gasteiger charge is -2.12. The lowest BCUT2D eigenvalue weighted by atomic mass is 10.1. The number of aromatic nitrogens is 3. The maximum atomic E-state index is 13.2. The van der Waals surface area contributed by atoms with Crippen molar-refractivity contribution in [1.82, 2.24) is 20.3 Å².